The van der Waals surface area contributed by atoms with Crippen LogP contribution >= 0.6 is 23.2 Å². The van der Waals surface area contributed by atoms with Crippen molar-refractivity contribution in [3.05, 3.63) is 63.6 Å². The standard InChI is InChI=1S/C27H36Cl2N2O3/c1-7-18(3)30-26(33)24(8-2)31(16-19-9-12-21(28)15-23(19)29)25(32)17-34-22-13-10-20(11-14-22)27(4,5)6/h9-15,18,24H,7-8,16-17H2,1-6H3,(H,30,33). The summed E-state index contributed by atoms with van der Waals surface area (Å²) in [6.07, 6.45) is 1.26. The number of ether oxygens (including phenoxy) is 1. The normalized spacial score (nSPS) is 13.2. The molecular weight excluding hydrogens is 471 g/mol. The van der Waals surface area contributed by atoms with Crippen molar-refractivity contribution >= 4 is 35.0 Å². The number of halogens is 2. The van der Waals surface area contributed by atoms with Gasteiger partial charge < -0.3 is 15.0 Å². The second kappa shape index (κ2) is 12.5. The number of benzene rings is 2. The molecule has 7 heteroatoms. The fraction of sp³-hybridized carbons (Fsp3) is 0.481. The molecule has 2 unspecified atom stereocenters. The van der Waals surface area contributed by atoms with Crippen molar-refractivity contribution in [2.24, 2.45) is 0 Å². The van der Waals surface area contributed by atoms with Crippen LogP contribution in [0, 0.1) is 0 Å². The highest BCUT2D eigenvalue weighted by Gasteiger charge is 2.30. The molecular formula is C27H36Cl2N2O3. The molecule has 0 aliphatic carbocycles. The van der Waals surface area contributed by atoms with E-state index in [1.165, 1.54) is 10.5 Å². The number of amides is 2. The van der Waals surface area contributed by atoms with Crippen LogP contribution in [-0.4, -0.2) is 35.4 Å². The number of carbonyl (C=O) groups excluding carboxylic acids is 2. The zero-order valence-electron chi connectivity index (χ0n) is 21.0. The first kappa shape index (κ1) is 28.0. The topological polar surface area (TPSA) is 58.6 Å². The van der Waals surface area contributed by atoms with Gasteiger partial charge in [-0.05, 0) is 60.6 Å². The van der Waals surface area contributed by atoms with Gasteiger partial charge in [-0.1, -0.05) is 76.0 Å². The van der Waals surface area contributed by atoms with E-state index in [9.17, 15) is 9.59 Å². The lowest BCUT2D eigenvalue weighted by atomic mass is 9.87. The van der Waals surface area contributed by atoms with Crippen LogP contribution in [0.4, 0.5) is 0 Å². The lowest BCUT2D eigenvalue weighted by Gasteiger charge is -2.31. The molecule has 0 saturated heterocycles. The van der Waals surface area contributed by atoms with Gasteiger partial charge in [-0.25, -0.2) is 0 Å². The Kier molecular flexibility index (Phi) is 10.3. The predicted octanol–water partition coefficient (Wildman–Crippen LogP) is 6.39. The minimum absolute atomic E-state index is 0.00945. The van der Waals surface area contributed by atoms with E-state index in [1.54, 1.807) is 18.2 Å². The third kappa shape index (κ3) is 7.92. The summed E-state index contributed by atoms with van der Waals surface area (Å²) < 4.78 is 5.80. The average Bonchev–Trinajstić information content (AvgIpc) is 2.78. The Morgan fingerprint density at radius 1 is 1.03 bits per heavy atom. The molecule has 2 rings (SSSR count). The first-order chi connectivity index (χ1) is 16.0. The van der Waals surface area contributed by atoms with Crippen LogP contribution in [0.25, 0.3) is 0 Å². The van der Waals surface area contributed by atoms with Gasteiger partial charge in [0.25, 0.3) is 5.91 Å². The van der Waals surface area contributed by atoms with E-state index in [2.05, 4.69) is 26.1 Å². The van der Waals surface area contributed by atoms with E-state index < -0.39 is 6.04 Å². The van der Waals surface area contributed by atoms with E-state index in [4.69, 9.17) is 27.9 Å². The summed E-state index contributed by atoms with van der Waals surface area (Å²) in [5.41, 5.74) is 1.92. The number of hydrogen-bond donors (Lipinski definition) is 1. The molecule has 0 bridgehead atoms. The molecule has 0 heterocycles. The van der Waals surface area contributed by atoms with Crippen molar-refractivity contribution in [2.75, 3.05) is 6.61 Å². The van der Waals surface area contributed by atoms with Crippen LogP contribution in [0.3, 0.4) is 0 Å². The fourth-order valence-corrected chi connectivity index (χ4v) is 3.94. The Hall–Kier alpha value is -2.24. The molecule has 2 atom stereocenters. The smallest absolute Gasteiger partial charge is 0.261 e. The Morgan fingerprint density at radius 3 is 2.21 bits per heavy atom. The van der Waals surface area contributed by atoms with Gasteiger partial charge in [-0.2, -0.15) is 0 Å². The molecule has 1 N–H and O–H groups in total. The summed E-state index contributed by atoms with van der Waals surface area (Å²) in [5, 5.41) is 3.95. The van der Waals surface area contributed by atoms with Crippen molar-refractivity contribution in [1.82, 2.24) is 10.2 Å². The molecule has 0 radical (unpaired) electrons. The molecule has 0 aliphatic rings. The molecule has 0 saturated carbocycles. The summed E-state index contributed by atoms with van der Waals surface area (Å²) in [5.74, 6) is 0.116. The molecule has 5 nitrogen and oxygen atoms in total. The maximum atomic E-state index is 13.3. The lowest BCUT2D eigenvalue weighted by molar-refractivity contribution is -0.143. The molecule has 0 aliphatic heterocycles. The minimum Gasteiger partial charge on any atom is -0.484 e. The summed E-state index contributed by atoms with van der Waals surface area (Å²) in [7, 11) is 0. The molecule has 2 amide bonds. The third-order valence-corrected chi connectivity index (χ3v) is 6.41. The largest absolute Gasteiger partial charge is 0.484 e. The highest BCUT2D eigenvalue weighted by atomic mass is 35.5. The molecule has 186 valence electrons. The Labute approximate surface area is 213 Å². The Balaban J connectivity index is 2.24. The van der Waals surface area contributed by atoms with Crippen molar-refractivity contribution < 1.29 is 14.3 Å². The number of nitrogens with one attached hydrogen (secondary N) is 1. The molecule has 2 aromatic rings. The van der Waals surface area contributed by atoms with Crippen LogP contribution in [0.1, 0.15) is 65.5 Å². The molecule has 0 fully saturated rings. The van der Waals surface area contributed by atoms with E-state index >= 15 is 0 Å². The second-order valence-corrected chi connectivity index (χ2v) is 10.4. The third-order valence-electron chi connectivity index (χ3n) is 5.83. The number of hydrogen-bond acceptors (Lipinski definition) is 3. The summed E-state index contributed by atoms with van der Waals surface area (Å²) >= 11 is 12.4. The van der Waals surface area contributed by atoms with Gasteiger partial charge in [0.15, 0.2) is 6.61 Å². The predicted molar refractivity (Wildman–Crippen MR) is 140 cm³/mol. The lowest BCUT2D eigenvalue weighted by Crippen LogP contribution is -2.51. The summed E-state index contributed by atoms with van der Waals surface area (Å²) in [6, 6.07) is 12.2. The van der Waals surface area contributed by atoms with Crippen LogP contribution in [-0.2, 0) is 21.5 Å². The molecule has 34 heavy (non-hydrogen) atoms. The highest BCUT2D eigenvalue weighted by molar-refractivity contribution is 6.35. The number of carbonyl (C=O) groups is 2. The minimum atomic E-state index is -0.653. The molecule has 0 aromatic heterocycles. The monoisotopic (exact) mass is 506 g/mol. The van der Waals surface area contributed by atoms with Gasteiger partial charge in [-0.15, -0.1) is 0 Å². The fourth-order valence-electron chi connectivity index (χ4n) is 3.47. The van der Waals surface area contributed by atoms with Crippen LogP contribution in [0.2, 0.25) is 10.0 Å². The van der Waals surface area contributed by atoms with E-state index in [-0.39, 0.29) is 36.4 Å². The van der Waals surface area contributed by atoms with E-state index in [0.29, 0.717) is 27.8 Å². The van der Waals surface area contributed by atoms with Gasteiger partial charge in [0.1, 0.15) is 11.8 Å². The van der Waals surface area contributed by atoms with Crippen LogP contribution in [0.15, 0.2) is 42.5 Å². The maximum absolute atomic E-state index is 13.3. The molecule has 0 spiro atoms. The Morgan fingerprint density at radius 2 is 1.68 bits per heavy atom. The van der Waals surface area contributed by atoms with Gasteiger partial charge in [0, 0.05) is 22.6 Å². The van der Waals surface area contributed by atoms with E-state index in [1.807, 2.05) is 45.0 Å². The zero-order valence-corrected chi connectivity index (χ0v) is 22.5. The van der Waals surface area contributed by atoms with Crippen molar-refractivity contribution in [3.8, 4) is 5.75 Å². The maximum Gasteiger partial charge on any atom is 0.261 e. The van der Waals surface area contributed by atoms with Gasteiger partial charge in [0.2, 0.25) is 5.91 Å². The summed E-state index contributed by atoms with van der Waals surface area (Å²) in [4.78, 5) is 27.9. The molecule has 2 aromatic carbocycles. The SMILES string of the molecule is CCC(C)NC(=O)C(CC)N(Cc1ccc(Cl)cc1Cl)C(=O)COc1ccc(C(C)(C)C)cc1. The van der Waals surface area contributed by atoms with Crippen LogP contribution in [0.5, 0.6) is 5.75 Å². The second-order valence-electron chi connectivity index (χ2n) is 9.56. The van der Waals surface area contributed by atoms with Crippen molar-refractivity contribution in [3.63, 3.8) is 0 Å². The Bertz CT molecular complexity index is 971. The van der Waals surface area contributed by atoms with Crippen molar-refractivity contribution in [1.29, 1.82) is 0 Å². The van der Waals surface area contributed by atoms with Gasteiger partial charge in [-0.3, -0.25) is 9.59 Å². The van der Waals surface area contributed by atoms with E-state index in [0.717, 1.165) is 6.42 Å². The first-order valence-corrected chi connectivity index (χ1v) is 12.5. The quantitative estimate of drug-likeness (QED) is 0.405. The number of nitrogens with zero attached hydrogens (tertiary/aromatic N) is 1. The summed E-state index contributed by atoms with van der Waals surface area (Å²) in [6.45, 7) is 12.2. The number of rotatable bonds is 10. The first-order valence-electron chi connectivity index (χ1n) is 11.7. The highest BCUT2D eigenvalue weighted by Crippen LogP contribution is 2.26. The van der Waals surface area contributed by atoms with Gasteiger partial charge in [0.05, 0.1) is 0 Å². The van der Waals surface area contributed by atoms with Crippen LogP contribution < -0.4 is 10.1 Å². The van der Waals surface area contributed by atoms with Gasteiger partial charge >= 0.3 is 0 Å². The zero-order chi connectivity index (χ0) is 25.5. The average molecular weight is 508 g/mol. The van der Waals surface area contributed by atoms with Crippen molar-refractivity contribution in [2.45, 2.75) is 78.4 Å².